The van der Waals surface area contributed by atoms with E-state index < -0.39 is 22.3 Å². The summed E-state index contributed by atoms with van der Waals surface area (Å²) in [4.78, 5) is 24.7. The number of sulfonamides is 1. The number of halogens is 1. The maximum Gasteiger partial charge on any atom is 0.333 e. The van der Waals surface area contributed by atoms with Crippen molar-refractivity contribution in [3.63, 3.8) is 0 Å². The Labute approximate surface area is 178 Å². The van der Waals surface area contributed by atoms with Gasteiger partial charge in [0.1, 0.15) is 6.23 Å². The highest BCUT2D eigenvalue weighted by molar-refractivity contribution is 7.89. The number of nitrogens with one attached hydrogen (secondary N) is 1. The van der Waals surface area contributed by atoms with E-state index in [1.54, 1.807) is 0 Å². The van der Waals surface area contributed by atoms with Crippen molar-refractivity contribution in [3.8, 4) is 0 Å². The topological polar surface area (TPSA) is 104 Å². The number of urea groups is 1. The van der Waals surface area contributed by atoms with Gasteiger partial charge in [-0.25, -0.2) is 13.2 Å². The molecule has 1 atom stereocenters. The minimum atomic E-state index is -4.47. The van der Waals surface area contributed by atoms with Crippen molar-refractivity contribution in [2.75, 3.05) is 6.54 Å². The van der Waals surface area contributed by atoms with Crippen LogP contribution in [0.1, 0.15) is 76.1 Å². The van der Waals surface area contributed by atoms with Crippen LogP contribution in [0.3, 0.4) is 0 Å². The van der Waals surface area contributed by atoms with Gasteiger partial charge in [-0.3, -0.25) is 4.79 Å². The van der Waals surface area contributed by atoms with Crippen LogP contribution in [0.2, 0.25) is 5.02 Å². The molecule has 0 saturated carbocycles. The number of carbonyl (C=O) groups is 2. The maximum absolute atomic E-state index is 13.1. The van der Waals surface area contributed by atoms with Gasteiger partial charge in [0.2, 0.25) is 0 Å². The average molecular weight is 447 g/mol. The van der Waals surface area contributed by atoms with E-state index in [0.29, 0.717) is 17.1 Å². The van der Waals surface area contributed by atoms with Crippen molar-refractivity contribution in [1.82, 2.24) is 9.62 Å². The van der Waals surface area contributed by atoms with E-state index in [2.05, 4.69) is 12.2 Å². The van der Waals surface area contributed by atoms with Gasteiger partial charge in [-0.2, -0.15) is 4.31 Å². The van der Waals surface area contributed by atoms with Crippen LogP contribution >= 0.6 is 11.6 Å². The van der Waals surface area contributed by atoms with Crippen LogP contribution in [0.4, 0.5) is 4.79 Å². The molecule has 1 unspecified atom stereocenters. The fraction of sp³-hybridized carbons (Fsp3) is 0.600. The summed E-state index contributed by atoms with van der Waals surface area (Å²) >= 11 is 6.00. The molecular formula is C20H31ClN2O5S. The first kappa shape index (κ1) is 25.4. The minimum absolute atomic E-state index is 0.0677. The number of nitrogens with zero attached hydrogens (tertiary/aromatic N) is 1. The SMILES string of the molecule is CCCCCCCC(=O)c1cc(Cl)ccc1S(=O)(=O)N(C(=O)NCCC)C(C)O. The predicted octanol–water partition coefficient (Wildman–Crippen LogP) is 4.33. The highest BCUT2D eigenvalue weighted by atomic mass is 35.5. The van der Waals surface area contributed by atoms with Crippen LogP contribution in [-0.2, 0) is 10.0 Å². The van der Waals surface area contributed by atoms with Gasteiger partial charge in [-0.1, -0.05) is 51.1 Å². The van der Waals surface area contributed by atoms with Gasteiger partial charge >= 0.3 is 6.03 Å². The van der Waals surface area contributed by atoms with Gasteiger partial charge in [-0.15, -0.1) is 0 Å². The molecule has 2 N–H and O–H groups in total. The largest absolute Gasteiger partial charge is 0.373 e. The van der Waals surface area contributed by atoms with Crippen molar-refractivity contribution in [3.05, 3.63) is 28.8 Å². The van der Waals surface area contributed by atoms with Crippen molar-refractivity contribution in [2.24, 2.45) is 0 Å². The number of rotatable bonds is 12. The molecule has 0 fully saturated rings. The van der Waals surface area contributed by atoms with Crippen LogP contribution in [0.5, 0.6) is 0 Å². The smallest absolute Gasteiger partial charge is 0.333 e. The number of Topliss-reactive ketones (excluding diaryl/α,β-unsaturated/α-hetero) is 1. The fourth-order valence-corrected chi connectivity index (χ4v) is 4.62. The molecule has 0 aromatic heterocycles. The summed E-state index contributed by atoms with van der Waals surface area (Å²) in [5.41, 5.74) is -0.0677. The Morgan fingerprint density at radius 1 is 1.14 bits per heavy atom. The van der Waals surface area contributed by atoms with Crippen LogP contribution in [-0.4, -0.2) is 42.4 Å². The van der Waals surface area contributed by atoms with Gasteiger partial charge in [0, 0.05) is 23.6 Å². The molecule has 7 nitrogen and oxygen atoms in total. The molecule has 0 aliphatic heterocycles. The Bertz CT molecular complexity index is 796. The predicted molar refractivity (Wildman–Crippen MR) is 114 cm³/mol. The number of aliphatic hydroxyl groups excluding tert-OH is 1. The van der Waals surface area contributed by atoms with Gasteiger partial charge in [0.05, 0.1) is 4.90 Å². The molecule has 0 aliphatic rings. The van der Waals surface area contributed by atoms with Crippen molar-refractivity contribution in [2.45, 2.75) is 76.8 Å². The Kier molecular flexibility index (Phi) is 10.6. The number of benzene rings is 1. The Morgan fingerprint density at radius 2 is 1.79 bits per heavy atom. The first-order chi connectivity index (χ1) is 13.7. The first-order valence-corrected chi connectivity index (χ1v) is 11.8. The van der Waals surface area contributed by atoms with E-state index in [0.717, 1.165) is 25.7 Å². The van der Waals surface area contributed by atoms with E-state index in [1.165, 1.54) is 25.1 Å². The molecule has 0 bridgehead atoms. The van der Waals surface area contributed by atoms with E-state index >= 15 is 0 Å². The molecule has 1 aromatic rings. The normalized spacial score (nSPS) is 12.4. The van der Waals surface area contributed by atoms with Gasteiger partial charge < -0.3 is 10.4 Å². The second kappa shape index (κ2) is 12.1. The maximum atomic E-state index is 13.1. The number of aliphatic hydroxyl groups is 1. The van der Waals surface area contributed by atoms with Crippen molar-refractivity contribution < 1.29 is 23.1 Å². The quantitative estimate of drug-likeness (QED) is 0.282. The van der Waals surface area contributed by atoms with Gasteiger partial charge in [0.25, 0.3) is 10.0 Å². The Balaban J connectivity index is 3.20. The third-order valence-electron chi connectivity index (χ3n) is 4.35. The number of hydrogen-bond donors (Lipinski definition) is 2. The third kappa shape index (κ3) is 7.28. The number of hydrogen-bond acceptors (Lipinski definition) is 5. The van der Waals surface area contributed by atoms with E-state index in [-0.39, 0.29) is 34.2 Å². The summed E-state index contributed by atoms with van der Waals surface area (Å²) in [6, 6.07) is 2.89. The van der Waals surface area contributed by atoms with E-state index in [4.69, 9.17) is 11.6 Å². The molecular weight excluding hydrogens is 416 g/mol. The summed E-state index contributed by atoms with van der Waals surface area (Å²) in [7, 11) is -4.47. The molecule has 0 aliphatic carbocycles. The lowest BCUT2D eigenvalue weighted by Crippen LogP contribution is -2.48. The molecule has 9 heteroatoms. The summed E-state index contributed by atoms with van der Waals surface area (Å²) in [5.74, 6) is -0.359. The zero-order valence-corrected chi connectivity index (χ0v) is 18.9. The highest BCUT2D eigenvalue weighted by Gasteiger charge is 2.35. The molecule has 164 valence electrons. The number of ketones is 1. The highest BCUT2D eigenvalue weighted by Crippen LogP contribution is 2.26. The lowest BCUT2D eigenvalue weighted by atomic mass is 10.0. The van der Waals surface area contributed by atoms with E-state index in [1.807, 2.05) is 6.92 Å². The second-order valence-corrected chi connectivity index (χ2v) is 9.11. The summed E-state index contributed by atoms with van der Waals surface area (Å²) in [6.45, 7) is 5.34. The molecule has 0 radical (unpaired) electrons. The second-order valence-electron chi connectivity index (χ2n) is 6.89. The average Bonchev–Trinajstić information content (AvgIpc) is 2.65. The zero-order valence-electron chi connectivity index (χ0n) is 17.3. The zero-order chi connectivity index (χ0) is 22.0. The van der Waals surface area contributed by atoms with Crippen LogP contribution < -0.4 is 5.32 Å². The van der Waals surface area contributed by atoms with E-state index in [9.17, 15) is 23.1 Å². The third-order valence-corrected chi connectivity index (χ3v) is 6.49. The van der Waals surface area contributed by atoms with Gasteiger partial charge in [0.15, 0.2) is 5.78 Å². The summed E-state index contributed by atoms with van der Waals surface area (Å²) < 4.78 is 26.6. The van der Waals surface area contributed by atoms with Crippen LogP contribution in [0, 0.1) is 0 Å². The fourth-order valence-electron chi connectivity index (χ4n) is 2.86. The monoisotopic (exact) mass is 446 g/mol. The van der Waals surface area contributed by atoms with Crippen molar-refractivity contribution >= 4 is 33.4 Å². The van der Waals surface area contributed by atoms with Gasteiger partial charge in [-0.05, 0) is 38.0 Å². The molecule has 0 heterocycles. The number of amides is 2. The Morgan fingerprint density at radius 3 is 2.38 bits per heavy atom. The van der Waals surface area contributed by atoms with Crippen molar-refractivity contribution in [1.29, 1.82) is 0 Å². The lowest BCUT2D eigenvalue weighted by molar-refractivity contribution is 0.0939. The number of unbranched alkanes of at least 4 members (excludes halogenated alkanes) is 4. The number of carbonyl (C=O) groups excluding carboxylic acids is 2. The molecule has 0 saturated heterocycles. The standard InChI is InChI=1S/C20H31ClN2O5S/c1-4-6-7-8-9-10-18(25)17-14-16(21)11-12-19(17)29(27,28)23(15(3)24)20(26)22-13-5-2/h11-12,14-15,24H,4-10,13H2,1-3H3,(H,22,26). The molecule has 1 rings (SSSR count). The first-order valence-electron chi connectivity index (χ1n) is 9.99. The van der Waals surface area contributed by atoms with Crippen LogP contribution in [0.25, 0.3) is 0 Å². The van der Waals surface area contributed by atoms with Crippen LogP contribution in [0.15, 0.2) is 23.1 Å². The molecule has 0 spiro atoms. The summed E-state index contributed by atoms with van der Waals surface area (Å²) in [6.07, 6.45) is 3.87. The molecule has 2 amide bonds. The molecule has 1 aromatic carbocycles. The summed E-state index contributed by atoms with van der Waals surface area (Å²) in [5, 5.41) is 12.6. The lowest BCUT2D eigenvalue weighted by Gasteiger charge is -2.26. The molecule has 29 heavy (non-hydrogen) atoms. The minimum Gasteiger partial charge on any atom is -0.373 e. The Hall–Kier alpha value is -1.64.